The highest BCUT2D eigenvalue weighted by Crippen LogP contribution is 2.48. The van der Waals surface area contributed by atoms with Gasteiger partial charge in [0.05, 0.1) is 11.4 Å². The number of rotatable bonds is 5. The molecular formula is C78H71BN4. The predicted octanol–water partition coefficient (Wildman–Crippen LogP) is 19.4. The molecule has 0 atom stereocenters. The van der Waals surface area contributed by atoms with Crippen LogP contribution in [0.1, 0.15) is 105 Å². The Morgan fingerprint density at radius 2 is 0.614 bits per heavy atom. The maximum Gasteiger partial charge on any atom is 0.252 e. The van der Waals surface area contributed by atoms with Crippen LogP contribution in [0, 0.1) is 0 Å². The topological polar surface area (TPSA) is 32.3 Å². The fraction of sp³-hybridized carbons (Fsp3) is 0.205. The average Bonchev–Trinajstić information content (AvgIpc) is 1.22. The maximum absolute atomic E-state index is 5.83. The zero-order valence-electron chi connectivity index (χ0n) is 50.1. The number of benzene rings is 11. The Morgan fingerprint density at radius 3 is 0.952 bits per heavy atom. The molecule has 3 heterocycles. The third kappa shape index (κ3) is 9.17. The molecule has 2 aliphatic rings. The Labute approximate surface area is 490 Å². The van der Waals surface area contributed by atoms with E-state index in [1.807, 2.05) is 0 Å². The van der Waals surface area contributed by atoms with Crippen molar-refractivity contribution < 1.29 is 0 Å². The number of hydrogen-bond donors (Lipinski definition) is 0. The highest BCUT2D eigenvalue weighted by atomic mass is 15.2. The average molecular weight is 1080 g/mol. The van der Waals surface area contributed by atoms with Crippen LogP contribution in [0.4, 0.5) is 34.1 Å². The number of nitrogens with zero attached hydrogens (tertiary/aromatic N) is 4. The lowest BCUT2D eigenvalue weighted by Gasteiger charge is -2.44. The Balaban J connectivity index is 1.12. The molecular weight excluding hydrogens is 1000 g/mol. The zero-order chi connectivity index (χ0) is 57.5. The molecule has 0 saturated heterocycles. The van der Waals surface area contributed by atoms with Crippen LogP contribution in [0.5, 0.6) is 0 Å². The third-order valence-electron chi connectivity index (χ3n) is 17.6. The van der Waals surface area contributed by atoms with Gasteiger partial charge in [-0.3, -0.25) is 0 Å². The SMILES string of the molecule is CC(C)(C)c1cc(-c2cc(-c3cc(C(C)(C)C)cc(C(C)(C)C)c3)nc(-c3cc4c5c(c3)N(c3ccccc3)c3cc6cc7ccccc7cc6cc3B5c3cc5cc6ccccc6cc5cc3N4c3ccccc3)n2)cc(C(C)(C)C)c1. The van der Waals surface area contributed by atoms with E-state index in [9.17, 15) is 0 Å². The van der Waals surface area contributed by atoms with Crippen LogP contribution >= 0.6 is 0 Å². The van der Waals surface area contributed by atoms with Crippen molar-refractivity contribution in [2.75, 3.05) is 9.80 Å². The van der Waals surface area contributed by atoms with Gasteiger partial charge in [0, 0.05) is 50.8 Å². The number of anilines is 6. The van der Waals surface area contributed by atoms with Crippen molar-refractivity contribution in [2.45, 2.75) is 105 Å². The maximum atomic E-state index is 5.83. The summed E-state index contributed by atoms with van der Waals surface area (Å²) in [5.74, 6) is 0.678. The monoisotopic (exact) mass is 1070 g/mol. The van der Waals surface area contributed by atoms with Crippen LogP contribution in [0.3, 0.4) is 0 Å². The summed E-state index contributed by atoms with van der Waals surface area (Å²) in [5, 5.41) is 9.79. The van der Waals surface area contributed by atoms with Gasteiger partial charge in [-0.1, -0.05) is 192 Å². The van der Waals surface area contributed by atoms with Gasteiger partial charge in [0.2, 0.25) is 0 Å². The molecule has 0 spiro atoms. The Hall–Kier alpha value is -8.80. The molecule has 5 heteroatoms. The number of hydrogen-bond acceptors (Lipinski definition) is 4. The van der Waals surface area contributed by atoms with Crippen molar-refractivity contribution in [3.05, 3.63) is 235 Å². The van der Waals surface area contributed by atoms with Gasteiger partial charge in [-0.2, -0.15) is 0 Å². The van der Waals surface area contributed by atoms with Gasteiger partial charge in [-0.05, 0) is 207 Å². The standard InChI is InChI=1S/C78H71BN4/c1-75(2,3)59-35-56(36-60(45-59)76(4,5)6)67-47-68(57-37-61(77(7,8)9)46-62(38-57)78(10,11)12)81-74(80-67)58-43-71-73-72(44-58)83(64-29-17-14-18-30-64)70-42-55-34-51-26-22-20-24-49(51)32-53(55)40-66(70)79(73)65-39-52-31-48-23-19-21-25-50(48)33-54(52)41-69(65)82(71)63-27-15-13-16-28-63/h13-47H,1-12H3. The molecule has 1 aromatic heterocycles. The van der Waals surface area contributed by atoms with Crippen molar-refractivity contribution in [1.29, 1.82) is 0 Å². The largest absolute Gasteiger partial charge is 0.311 e. The van der Waals surface area contributed by atoms with Crippen LogP contribution in [0.2, 0.25) is 0 Å². The third-order valence-corrected chi connectivity index (χ3v) is 17.6. The molecule has 14 rings (SSSR count). The Bertz CT molecular complexity index is 4260. The molecule has 11 aromatic carbocycles. The molecule has 0 aliphatic carbocycles. The van der Waals surface area contributed by atoms with E-state index >= 15 is 0 Å². The van der Waals surface area contributed by atoms with Crippen LogP contribution in [-0.2, 0) is 21.7 Å². The first-order chi connectivity index (χ1) is 39.6. The van der Waals surface area contributed by atoms with Crippen molar-refractivity contribution in [1.82, 2.24) is 9.97 Å². The summed E-state index contributed by atoms with van der Waals surface area (Å²) < 4.78 is 0. The summed E-state index contributed by atoms with van der Waals surface area (Å²) in [6.45, 7) is 27.7. The van der Waals surface area contributed by atoms with Gasteiger partial charge in [0.15, 0.2) is 5.82 Å². The van der Waals surface area contributed by atoms with E-state index in [1.165, 1.54) is 81.7 Å². The summed E-state index contributed by atoms with van der Waals surface area (Å²) in [5.41, 5.74) is 20.2. The molecule has 0 amide bonds. The van der Waals surface area contributed by atoms with Gasteiger partial charge < -0.3 is 9.80 Å². The van der Waals surface area contributed by atoms with Crippen LogP contribution in [-0.4, -0.2) is 16.7 Å². The normalized spacial score (nSPS) is 13.5. The number of para-hydroxylation sites is 2. The van der Waals surface area contributed by atoms with Gasteiger partial charge in [-0.25, -0.2) is 9.97 Å². The predicted molar refractivity (Wildman–Crippen MR) is 357 cm³/mol. The van der Waals surface area contributed by atoms with E-state index in [4.69, 9.17) is 9.97 Å². The molecule has 0 fully saturated rings. The van der Waals surface area contributed by atoms with E-state index in [1.54, 1.807) is 0 Å². The quantitative estimate of drug-likeness (QED) is 0.127. The summed E-state index contributed by atoms with van der Waals surface area (Å²) in [6, 6.07) is 80.3. The van der Waals surface area contributed by atoms with Crippen molar-refractivity contribution in [3.63, 3.8) is 0 Å². The second-order valence-corrected chi connectivity index (χ2v) is 27.7. The highest BCUT2D eigenvalue weighted by molar-refractivity contribution is 7.00. The van der Waals surface area contributed by atoms with Gasteiger partial charge in [0.25, 0.3) is 6.71 Å². The molecule has 0 bridgehead atoms. The van der Waals surface area contributed by atoms with Crippen molar-refractivity contribution in [3.8, 4) is 33.9 Å². The summed E-state index contributed by atoms with van der Waals surface area (Å²) in [4.78, 5) is 16.7. The summed E-state index contributed by atoms with van der Waals surface area (Å²) in [6.07, 6.45) is 0. The molecule has 0 unspecified atom stereocenters. The summed E-state index contributed by atoms with van der Waals surface area (Å²) >= 11 is 0. The molecule has 83 heavy (non-hydrogen) atoms. The first kappa shape index (κ1) is 52.3. The highest BCUT2D eigenvalue weighted by Gasteiger charge is 2.44. The van der Waals surface area contributed by atoms with Crippen LogP contribution < -0.4 is 26.2 Å². The Kier molecular flexibility index (Phi) is 11.9. The molecule has 0 N–H and O–H groups in total. The van der Waals surface area contributed by atoms with Crippen LogP contribution in [0.25, 0.3) is 77.0 Å². The fourth-order valence-corrected chi connectivity index (χ4v) is 12.9. The lowest BCUT2D eigenvalue weighted by atomic mass is 9.33. The van der Waals surface area contributed by atoms with Crippen molar-refractivity contribution in [2.24, 2.45) is 0 Å². The Morgan fingerprint density at radius 1 is 0.289 bits per heavy atom. The summed E-state index contributed by atoms with van der Waals surface area (Å²) in [7, 11) is 0. The molecule has 4 nitrogen and oxygen atoms in total. The van der Waals surface area contributed by atoms with Crippen molar-refractivity contribution >= 4 is 100 Å². The minimum atomic E-state index is -0.125. The number of aromatic nitrogens is 2. The van der Waals surface area contributed by atoms with E-state index < -0.39 is 0 Å². The lowest BCUT2D eigenvalue weighted by molar-refractivity contribution is 0.568. The van der Waals surface area contributed by atoms with Crippen LogP contribution in [0.15, 0.2) is 212 Å². The molecule has 0 radical (unpaired) electrons. The minimum Gasteiger partial charge on any atom is -0.311 e. The lowest BCUT2D eigenvalue weighted by Crippen LogP contribution is -2.61. The molecule has 12 aromatic rings. The van der Waals surface area contributed by atoms with E-state index in [0.717, 1.165) is 62.2 Å². The molecule has 0 saturated carbocycles. The van der Waals surface area contributed by atoms with Gasteiger partial charge >= 0.3 is 0 Å². The molecule has 406 valence electrons. The second kappa shape index (κ2) is 18.9. The van der Waals surface area contributed by atoms with Gasteiger partial charge in [-0.15, -0.1) is 0 Å². The second-order valence-electron chi connectivity index (χ2n) is 27.7. The van der Waals surface area contributed by atoms with E-state index in [0.29, 0.717) is 5.82 Å². The first-order valence-electron chi connectivity index (χ1n) is 29.6. The first-order valence-corrected chi connectivity index (χ1v) is 29.6. The van der Waals surface area contributed by atoms with E-state index in [-0.39, 0.29) is 28.4 Å². The van der Waals surface area contributed by atoms with Gasteiger partial charge in [0.1, 0.15) is 0 Å². The fourth-order valence-electron chi connectivity index (χ4n) is 12.9. The molecule has 2 aliphatic heterocycles. The minimum absolute atomic E-state index is 0.0970. The zero-order valence-corrected chi connectivity index (χ0v) is 50.1. The number of fused-ring (bicyclic) bond motifs is 8. The smallest absolute Gasteiger partial charge is 0.252 e. The van der Waals surface area contributed by atoms with E-state index in [2.05, 4.69) is 305 Å².